The van der Waals surface area contributed by atoms with Crippen LogP contribution in [0.3, 0.4) is 0 Å². The molecule has 2 aromatic carbocycles. The van der Waals surface area contributed by atoms with Gasteiger partial charge in [0.2, 0.25) is 5.76 Å². The first-order valence-corrected chi connectivity index (χ1v) is 10.4. The highest BCUT2D eigenvalue weighted by atomic mass is 32.2. The number of ether oxygens (including phenoxy) is 1. The van der Waals surface area contributed by atoms with Crippen LogP contribution in [0.1, 0.15) is 34.4 Å². The minimum atomic E-state index is -0.443. The van der Waals surface area contributed by atoms with Gasteiger partial charge in [-0.1, -0.05) is 60.3 Å². The largest absolute Gasteiger partial charge is 0.460 e. The van der Waals surface area contributed by atoms with E-state index in [-0.39, 0.29) is 5.76 Å². The zero-order valence-electron chi connectivity index (χ0n) is 16.3. The molecule has 0 N–H and O–H groups in total. The van der Waals surface area contributed by atoms with E-state index in [1.54, 1.807) is 6.92 Å². The van der Waals surface area contributed by atoms with Gasteiger partial charge in [-0.2, -0.15) is 0 Å². The molecule has 0 aliphatic carbocycles. The summed E-state index contributed by atoms with van der Waals surface area (Å²) in [5, 5.41) is 10.3. The molecule has 0 fully saturated rings. The maximum Gasteiger partial charge on any atom is 0.374 e. The molecule has 4 rings (SSSR count). The predicted molar refractivity (Wildman–Crippen MR) is 112 cm³/mol. The Morgan fingerprint density at radius 2 is 1.86 bits per heavy atom. The number of rotatable bonds is 7. The second-order valence-electron chi connectivity index (χ2n) is 6.52. The highest BCUT2D eigenvalue weighted by Crippen LogP contribution is 2.32. The van der Waals surface area contributed by atoms with Crippen LogP contribution in [0.25, 0.3) is 11.0 Å². The summed E-state index contributed by atoms with van der Waals surface area (Å²) in [5.41, 5.74) is 2.67. The number of aryl methyl sites for hydroxylation is 1. The Balaban J connectivity index is 1.62. The van der Waals surface area contributed by atoms with Crippen molar-refractivity contribution < 1.29 is 13.9 Å². The van der Waals surface area contributed by atoms with Gasteiger partial charge >= 0.3 is 5.97 Å². The van der Waals surface area contributed by atoms with Crippen molar-refractivity contribution in [1.29, 1.82) is 0 Å². The monoisotopic (exact) mass is 407 g/mol. The van der Waals surface area contributed by atoms with Crippen molar-refractivity contribution in [2.45, 2.75) is 31.3 Å². The van der Waals surface area contributed by atoms with E-state index in [4.69, 9.17) is 9.15 Å². The van der Waals surface area contributed by atoms with Gasteiger partial charge in [-0.15, -0.1) is 10.2 Å². The van der Waals surface area contributed by atoms with Gasteiger partial charge in [0.05, 0.1) is 13.2 Å². The van der Waals surface area contributed by atoms with Crippen LogP contribution in [0.2, 0.25) is 0 Å². The second-order valence-corrected chi connectivity index (χ2v) is 7.46. The summed E-state index contributed by atoms with van der Waals surface area (Å²) in [7, 11) is 0. The SMILES string of the molecule is CCOC(=O)c1oc2ccccc2c1CSc1nnc(C)n1Cc1ccccc1. The van der Waals surface area contributed by atoms with Crippen LogP contribution in [0.4, 0.5) is 0 Å². The van der Waals surface area contributed by atoms with E-state index in [1.807, 2.05) is 49.4 Å². The minimum Gasteiger partial charge on any atom is -0.460 e. The summed E-state index contributed by atoms with van der Waals surface area (Å²) in [6.07, 6.45) is 0. The van der Waals surface area contributed by atoms with Crippen molar-refractivity contribution in [2.75, 3.05) is 6.61 Å². The van der Waals surface area contributed by atoms with Gasteiger partial charge < -0.3 is 13.7 Å². The van der Waals surface area contributed by atoms with E-state index in [2.05, 4.69) is 26.9 Å². The Labute approximate surface area is 172 Å². The Hall–Kier alpha value is -3.06. The molecule has 0 spiro atoms. The molecule has 0 aliphatic rings. The number of aromatic nitrogens is 3. The zero-order chi connectivity index (χ0) is 20.2. The summed E-state index contributed by atoms with van der Waals surface area (Å²) in [6, 6.07) is 17.8. The van der Waals surface area contributed by atoms with Gasteiger partial charge in [0.25, 0.3) is 0 Å². The van der Waals surface area contributed by atoms with Crippen molar-refractivity contribution in [3.05, 3.63) is 77.3 Å². The second kappa shape index (κ2) is 8.53. The molecular formula is C22H21N3O3S. The molecule has 0 bridgehead atoms. The van der Waals surface area contributed by atoms with Gasteiger partial charge in [0.15, 0.2) is 5.16 Å². The Kier molecular flexibility index (Phi) is 5.67. The molecule has 4 aromatic rings. The molecule has 148 valence electrons. The van der Waals surface area contributed by atoms with E-state index in [0.29, 0.717) is 24.5 Å². The lowest BCUT2D eigenvalue weighted by atomic mass is 10.1. The van der Waals surface area contributed by atoms with Crippen molar-refractivity contribution in [3.63, 3.8) is 0 Å². The van der Waals surface area contributed by atoms with Crippen molar-refractivity contribution in [1.82, 2.24) is 14.8 Å². The third-order valence-corrected chi connectivity index (χ3v) is 5.58. The number of hydrogen-bond donors (Lipinski definition) is 0. The number of thioether (sulfide) groups is 1. The number of hydrogen-bond acceptors (Lipinski definition) is 6. The number of benzene rings is 2. The lowest BCUT2D eigenvalue weighted by molar-refractivity contribution is 0.0491. The van der Waals surface area contributed by atoms with Crippen LogP contribution in [-0.2, 0) is 17.0 Å². The number of furan rings is 1. The minimum absolute atomic E-state index is 0.256. The summed E-state index contributed by atoms with van der Waals surface area (Å²) in [5.74, 6) is 1.18. The molecule has 0 radical (unpaired) electrons. The van der Waals surface area contributed by atoms with Gasteiger partial charge in [-0.05, 0) is 25.5 Å². The Morgan fingerprint density at radius 1 is 1.10 bits per heavy atom. The molecule has 2 aromatic heterocycles. The first-order chi connectivity index (χ1) is 14.2. The molecule has 2 heterocycles. The van der Waals surface area contributed by atoms with Crippen LogP contribution < -0.4 is 0 Å². The average molecular weight is 407 g/mol. The summed E-state index contributed by atoms with van der Waals surface area (Å²) >= 11 is 1.53. The molecule has 0 aliphatic heterocycles. The standard InChI is InChI=1S/C22H21N3O3S/c1-3-27-21(26)20-18(17-11-7-8-12-19(17)28-20)14-29-22-24-23-15(2)25(22)13-16-9-5-4-6-10-16/h4-12H,3,13-14H2,1-2H3. The molecule has 0 atom stereocenters. The molecule has 0 saturated carbocycles. The first-order valence-electron chi connectivity index (χ1n) is 9.41. The van der Waals surface area contributed by atoms with E-state index in [1.165, 1.54) is 17.3 Å². The highest BCUT2D eigenvalue weighted by molar-refractivity contribution is 7.98. The summed E-state index contributed by atoms with van der Waals surface area (Å²) in [4.78, 5) is 12.4. The quantitative estimate of drug-likeness (QED) is 0.322. The van der Waals surface area contributed by atoms with Crippen LogP contribution in [0.5, 0.6) is 0 Å². The topological polar surface area (TPSA) is 70.2 Å². The average Bonchev–Trinajstić information content (AvgIpc) is 3.28. The zero-order valence-corrected chi connectivity index (χ0v) is 17.1. The van der Waals surface area contributed by atoms with Crippen LogP contribution in [-0.4, -0.2) is 27.3 Å². The fourth-order valence-corrected chi connectivity index (χ4v) is 4.17. The lowest BCUT2D eigenvalue weighted by Gasteiger charge is -2.08. The first kappa shape index (κ1) is 19.3. The normalized spacial score (nSPS) is 11.1. The lowest BCUT2D eigenvalue weighted by Crippen LogP contribution is -2.06. The number of carbonyl (C=O) groups is 1. The van der Waals surface area contributed by atoms with E-state index >= 15 is 0 Å². The number of fused-ring (bicyclic) bond motifs is 1. The predicted octanol–water partition coefficient (Wildman–Crippen LogP) is 4.85. The number of nitrogens with zero attached hydrogens (tertiary/aromatic N) is 3. The van der Waals surface area contributed by atoms with E-state index < -0.39 is 5.97 Å². The van der Waals surface area contributed by atoms with Crippen molar-refractivity contribution >= 4 is 28.7 Å². The smallest absolute Gasteiger partial charge is 0.374 e. The van der Waals surface area contributed by atoms with Gasteiger partial charge in [0, 0.05) is 16.7 Å². The van der Waals surface area contributed by atoms with Gasteiger partial charge in [0.1, 0.15) is 11.4 Å². The van der Waals surface area contributed by atoms with Crippen molar-refractivity contribution in [3.8, 4) is 0 Å². The number of carbonyl (C=O) groups excluding carboxylic acids is 1. The summed E-state index contributed by atoms with van der Waals surface area (Å²) in [6.45, 7) is 4.72. The molecule has 6 nitrogen and oxygen atoms in total. The molecular weight excluding hydrogens is 386 g/mol. The molecule has 0 amide bonds. The molecule has 7 heteroatoms. The van der Waals surface area contributed by atoms with Crippen LogP contribution in [0.15, 0.2) is 64.2 Å². The van der Waals surface area contributed by atoms with E-state index in [0.717, 1.165) is 21.9 Å². The highest BCUT2D eigenvalue weighted by Gasteiger charge is 2.22. The fraction of sp³-hybridized carbons (Fsp3) is 0.227. The maximum atomic E-state index is 12.4. The van der Waals surface area contributed by atoms with Crippen LogP contribution >= 0.6 is 11.8 Å². The number of para-hydroxylation sites is 1. The Morgan fingerprint density at radius 3 is 2.66 bits per heavy atom. The Bertz CT molecular complexity index is 1130. The number of esters is 1. The third-order valence-electron chi connectivity index (χ3n) is 4.59. The maximum absolute atomic E-state index is 12.4. The van der Waals surface area contributed by atoms with E-state index in [9.17, 15) is 4.79 Å². The van der Waals surface area contributed by atoms with Crippen LogP contribution in [0, 0.1) is 6.92 Å². The molecule has 0 unspecified atom stereocenters. The molecule has 29 heavy (non-hydrogen) atoms. The summed E-state index contributed by atoms with van der Waals surface area (Å²) < 4.78 is 13.1. The van der Waals surface area contributed by atoms with Gasteiger partial charge in [-0.3, -0.25) is 0 Å². The van der Waals surface area contributed by atoms with Gasteiger partial charge in [-0.25, -0.2) is 4.79 Å². The van der Waals surface area contributed by atoms with Crippen molar-refractivity contribution in [2.24, 2.45) is 0 Å². The molecule has 0 saturated heterocycles. The fourth-order valence-electron chi connectivity index (χ4n) is 3.16. The third kappa shape index (κ3) is 4.05.